The molecule has 0 aliphatic heterocycles. The van der Waals surface area contributed by atoms with Crippen LogP contribution in [0.4, 0.5) is 27.8 Å². The first-order valence-corrected chi connectivity index (χ1v) is 6.08. The highest BCUT2D eigenvalue weighted by Crippen LogP contribution is 2.28. The molecule has 0 radical (unpaired) electrons. The lowest BCUT2D eigenvalue weighted by Gasteiger charge is -2.09. The largest absolute Gasteiger partial charge is 0.433 e. The summed E-state index contributed by atoms with van der Waals surface area (Å²) in [4.78, 5) is 3.43. The predicted molar refractivity (Wildman–Crippen MR) is 67.8 cm³/mol. The Morgan fingerprint density at radius 3 is 2.29 bits per heavy atom. The molecular formula is C14H11F5N2. The van der Waals surface area contributed by atoms with E-state index in [1.165, 1.54) is 24.3 Å². The van der Waals surface area contributed by atoms with Gasteiger partial charge >= 0.3 is 6.18 Å². The SMILES string of the molecule is Fc1cc(F)cc(CCNc2cccc(C(F)(F)F)n2)c1. The third-order valence-electron chi connectivity index (χ3n) is 2.68. The molecule has 0 unspecified atom stereocenters. The van der Waals surface area contributed by atoms with Crippen molar-refractivity contribution < 1.29 is 22.0 Å². The van der Waals surface area contributed by atoms with Gasteiger partial charge < -0.3 is 5.32 Å². The summed E-state index contributed by atoms with van der Waals surface area (Å²) in [5.74, 6) is -1.33. The normalized spacial score (nSPS) is 11.5. The van der Waals surface area contributed by atoms with Crippen molar-refractivity contribution in [3.8, 4) is 0 Å². The Hall–Kier alpha value is -2.18. The van der Waals surface area contributed by atoms with Crippen LogP contribution in [0.25, 0.3) is 0 Å². The first-order valence-electron chi connectivity index (χ1n) is 6.08. The third-order valence-corrected chi connectivity index (χ3v) is 2.68. The van der Waals surface area contributed by atoms with Crippen molar-refractivity contribution >= 4 is 5.82 Å². The zero-order valence-corrected chi connectivity index (χ0v) is 10.7. The maximum Gasteiger partial charge on any atom is 0.433 e. The first kappa shape index (κ1) is 15.2. The van der Waals surface area contributed by atoms with Gasteiger partial charge in [0.2, 0.25) is 0 Å². The molecule has 0 amide bonds. The zero-order valence-electron chi connectivity index (χ0n) is 10.7. The standard InChI is InChI=1S/C14H11F5N2/c15-10-6-9(7-11(16)8-10)4-5-20-13-3-1-2-12(21-13)14(17,18)19/h1-3,6-8H,4-5H2,(H,20,21). The lowest BCUT2D eigenvalue weighted by Crippen LogP contribution is -2.11. The molecule has 0 bridgehead atoms. The van der Waals surface area contributed by atoms with Gasteiger partial charge in [0.05, 0.1) is 0 Å². The number of benzene rings is 1. The zero-order chi connectivity index (χ0) is 15.5. The van der Waals surface area contributed by atoms with E-state index in [4.69, 9.17) is 0 Å². The number of aromatic nitrogens is 1. The van der Waals surface area contributed by atoms with E-state index in [0.29, 0.717) is 5.56 Å². The number of nitrogens with one attached hydrogen (secondary N) is 1. The van der Waals surface area contributed by atoms with E-state index < -0.39 is 23.5 Å². The van der Waals surface area contributed by atoms with Crippen molar-refractivity contribution in [2.45, 2.75) is 12.6 Å². The number of rotatable bonds is 4. The summed E-state index contributed by atoms with van der Waals surface area (Å²) in [5.41, 5.74) is -0.587. The molecule has 0 saturated carbocycles. The maximum absolute atomic E-state index is 13.0. The molecule has 21 heavy (non-hydrogen) atoms. The van der Waals surface area contributed by atoms with Crippen molar-refractivity contribution in [3.63, 3.8) is 0 Å². The van der Waals surface area contributed by atoms with E-state index in [9.17, 15) is 22.0 Å². The smallest absolute Gasteiger partial charge is 0.370 e. The Labute approximate surface area is 117 Å². The van der Waals surface area contributed by atoms with Gasteiger partial charge in [-0.05, 0) is 36.2 Å². The molecule has 1 N–H and O–H groups in total. The lowest BCUT2D eigenvalue weighted by molar-refractivity contribution is -0.141. The molecule has 7 heteroatoms. The van der Waals surface area contributed by atoms with Gasteiger partial charge in [-0.25, -0.2) is 13.8 Å². The number of nitrogens with zero attached hydrogens (tertiary/aromatic N) is 1. The fourth-order valence-corrected chi connectivity index (χ4v) is 1.78. The summed E-state index contributed by atoms with van der Waals surface area (Å²) in [6.07, 6.45) is -4.25. The number of halogens is 5. The fraction of sp³-hybridized carbons (Fsp3) is 0.214. The van der Waals surface area contributed by atoms with Crippen molar-refractivity contribution in [1.29, 1.82) is 0 Å². The molecule has 0 saturated heterocycles. The van der Waals surface area contributed by atoms with E-state index >= 15 is 0 Å². The molecule has 0 fully saturated rings. The van der Waals surface area contributed by atoms with Crippen LogP contribution in [0.3, 0.4) is 0 Å². The minimum Gasteiger partial charge on any atom is -0.370 e. The Kier molecular flexibility index (Phi) is 4.40. The summed E-state index contributed by atoms with van der Waals surface area (Å²) < 4.78 is 63.3. The molecule has 1 aromatic carbocycles. The second-order valence-corrected chi connectivity index (χ2v) is 4.36. The molecule has 0 spiro atoms. The number of hydrogen-bond donors (Lipinski definition) is 1. The predicted octanol–water partition coefficient (Wildman–Crippen LogP) is 4.03. The van der Waals surface area contributed by atoms with Crippen molar-refractivity contribution in [1.82, 2.24) is 4.98 Å². The van der Waals surface area contributed by atoms with Crippen LogP contribution in [0.15, 0.2) is 36.4 Å². The van der Waals surface area contributed by atoms with Crippen molar-refractivity contribution in [2.24, 2.45) is 0 Å². The number of anilines is 1. The molecule has 2 rings (SSSR count). The van der Waals surface area contributed by atoms with Gasteiger partial charge in [0.1, 0.15) is 23.1 Å². The van der Waals surface area contributed by atoms with E-state index in [1.54, 1.807) is 0 Å². The van der Waals surface area contributed by atoms with Gasteiger partial charge in [-0.3, -0.25) is 0 Å². The highest BCUT2D eigenvalue weighted by atomic mass is 19.4. The van der Waals surface area contributed by atoms with Gasteiger partial charge in [0.15, 0.2) is 0 Å². The van der Waals surface area contributed by atoms with Gasteiger partial charge in [-0.1, -0.05) is 6.07 Å². The summed E-state index contributed by atoms with van der Waals surface area (Å²) in [6.45, 7) is 0.206. The van der Waals surface area contributed by atoms with Crippen LogP contribution in [0.2, 0.25) is 0 Å². The number of alkyl halides is 3. The topological polar surface area (TPSA) is 24.9 Å². The summed E-state index contributed by atoms with van der Waals surface area (Å²) in [5, 5.41) is 2.69. The Morgan fingerprint density at radius 1 is 1.00 bits per heavy atom. The van der Waals surface area contributed by atoms with Crippen LogP contribution in [-0.2, 0) is 12.6 Å². The van der Waals surface area contributed by atoms with Gasteiger partial charge in [0, 0.05) is 12.6 Å². The minimum atomic E-state index is -4.51. The van der Waals surface area contributed by atoms with Crippen LogP contribution in [0, 0.1) is 11.6 Å². The molecule has 2 aromatic rings. The van der Waals surface area contributed by atoms with Gasteiger partial charge in [0.25, 0.3) is 0 Å². The number of pyridine rings is 1. The summed E-state index contributed by atoms with van der Waals surface area (Å²) in [7, 11) is 0. The highest BCUT2D eigenvalue weighted by molar-refractivity contribution is 5.36. The number of hydrogen-bond acceptors (Lipinski definition) is 2. The average Bonchev–Trinajstić information content (AvgIpc) is 2.37. The molecule has 0 aliphatic carbocycles. The lowest BCUT2D eigenvalue weighted by atomic mass is 10.1. The molecule has 2 nitrogen and oxygen atoms in total. The Morgan fingerprint density at radius 2 is 1.67 bits per heavy atom. The van der Waals surface area contributed by atoms with E-state index in [0.717, 1.165) is 12.1 Å². The van der Waals surface area contributed by atoms with E-state index in [1.807, 2.05) is 0 Å². The Bertz CT molecular complexity index is 605. The van der Waals surface area contributed by atoms with Crippen LogP contribution >= 0.6 is 0 Å². The Balaban J connectivity index is 1.97. The average molecular weight is 302 g/mol. The highest BCUT2D eigenvalue weighted by Gasteiger charge is 2.32. The summed E-state index contributed by atoms with van der Waals surface area (Å²) >= 11 is 0. The molecule has 1 aromatic heterocycles. The summed E-state index contributed by atoms with van der Waals surface area (Å²) in [6, 6.07) is 6.59. The fourth-order valence-electron chi connectivity index (χ4n) is 1.78. The van der Waals surface area contributed by atoms with Crippen molar-refractivity contribution in [2.75, 3.05) is 11.9 Å². The third kappa shape index (κ3) is 4.40. The van der Waals surface area contributed by atoms with Crippen LogP contribution < -0.4 is 5.32 Å². The second-order valence-electron chi connectivity index (χ2n) is 4.36. The van der Waals surface area contributed by atoms with Crippen LogP contribution in [0.5, 0.6) is 0 Å². The molecule has 0 aliphatic rings. The quantitative estimate of drug-likeness (QED) is 0.862. The van der Waals surface area contributed by atoms with E-state index in [2.05, 4.69) is 10.3 Å². The van der Waals surface area contributed by atoms with E-state index in [-0.39, 0.29) is 18.8 Å². The van der Waals surface area contributed by atoms with Gasteiger partial charge in [-0.15, -0.1) is 0 Å². The van der Waals surface area contributed by atoms with Crippen LogP contribution in [-0.4, -0.2) is 11.5 Å². The van der Waals surface area contributed by atoms with Gasteiger partial charge in [-0.2, -0.15) is 13.2 Å². The minimum absolute atomic E-state index is 0.0571. The first-order chi connectivity index (χ1) is 9.84. The molecular weight excluding hydrogens is 291 g/mol. The van der Waals surface area contributed by atoms with Crippen molar-refractivity contribution in [3.05, 3.63) is 59.3 Å². The second kappa shape index (κ2) is 6.07. The molecule has 0 atom stereocenters. The molecule has 1 heterocycles. The maximum atomic E-state index is 13.0. The van der Waals surface area contributed by atoms with Crippen LogP contribution in [0.1, 0.15) is 11.3 Å². The monoisotopic (exact) mass is 302 g/mol. The molecule has 112 valence electrons.